The topological polar surface area (TPSA) is 83.5 Å². The molecule has 0 radical (unpaired) electrons. The molecule has 0 aliphatic carbocycles. The van der Waals surface area contributed by atoms with Crippen LogP contribution in [0.2, 0.25) is 0 Å². The molecular weight excluding hydrogens is 280 g/mol. The number of rotatable bonds is 0. The summed E-state index contributed by atoms with van der Waals surface area (Å²) in [6, 6.07) is 9.45. The van der Waals surface area contributed by atoms with E-state index in [1.807, 2.05) is 44.2 Å². The molecule has 0 saturated carbocycles. The number of H-pyrrole nitrogens is 2. The van der Waals surface area contributed by atoms with E-state index >= 15 is 0 Å². The predicted molar refractivity (Wildman–Crippen MR) is 85.7 cm³/mol. The summed E-state index contributed by atoms with van der Waals surface area (Å²) in [6.07, 6.45) is 0. The number of fused-ring (bicyclic) bond motifs is 1. The smallest absolute Gasteiger partial charge is 0.306 e. The van der Waals surface area contributed by atoms with Crippen molar-refractivity contribution in [1.29, 1.82) is 0 Å². The first-order chi connectivity index (χ1) is 10.6. The second kappa shape index (κ2) is 6.59. The molecule has 3 rings (SSSR count). The molecule has 0 saturated heterocycles. The van der Waals surface area contributed by atoms with E-state index in [1.165, 1.54) is 0 Å². The van der Waals surface area contributed by atoms with Gasteiger partial charge < -0.3 is 4.57 Å². The Bertz CT molecular complexity index is 953. The van der Waals surface area contributed by atoms with E-state index in [2.05, 4.69) is 26.8 Å². The fourth-order valence-corrected chi connectivity index (χ4v) is 1.86. The first-order valence-corrected chi connectivity index (χ1v) is 6.91. The predicted octanol–water partition coefficient (Wildman–Crippen LogP) is 1.38. The van der Waals surface area contributed by atoms with Gasteiger partial charge in [0.05, 0.1) is 0 Å². The summed E-state index contributed by atoms with van der Waals surface area (Å²) in [5.74, 6) is 6.26. The fraction of sp³-hybridized carbons (Fsp3) is 0.188. The molecule has 2 N–H and O–H groups in total. The fourth-order valence-electron chi connectivity index (χ4n) is 1.86. The zero-order valence-corrected chi connectivity index (χ0v) is 12.6. The Morgan fingerprint density at radius 1 is 1.05 bits per heavy atom. The molecule has 0 aliphatic rings. The summed E-state index contributed by atoms with van der Waals surface area (Å²) >= 11 is 0. The van der Waals surface area contributed by atoms with Gasteiger partial charge in [0.2, 0.25) is 0 Å². The number of aromatic amines is 2. The Balaban J connectivity index is 0.000000847. The Labute approximate surface area is 126 Å². The van der Waals surface area contributed by atoms with E-state index < -0.39 is 11.2 Å². The molecule has 0 aliphatic heterocycles. The summed E-state index contributed by atoms with van der Waals surface area (Å²) in [6.45, 7) is 4.00. The summed E-state index contributed by atoms with van der Waals surface area (Å²) in [5.41, 5.74) is 0.294. The maximum absolute atomic E-state index is 11.6. The van der Waals surface area contributed by atoms with Crippen LogP contribution in [0.15, 0.2) is 39.9 Å². The van der Waals surface area contributed by atoms with Gasteiger partial charge in [0.25, 0.3) is 5.56 Å². The lowest BCUT2D eigenvalue weighted by Gasteiger charge is -1.94. The largest absolute Gasteiger partial charge is 0.327 e. The van der Waals surface area contributed by atoms with Crippen LogP contribution in [-0.4, -0.2) is 19.5 Å². The number of imidazole rings is 1. The van der Waals surface area contributed by atoms with Gasteiger partial charge in [0, 0.05) is 12.6 Å². The van der Waals surface area contributed by atoms with Crippen LogP contribution in [-0.2, 0) is 7.05 Å². The minimum Gasteiger partial charge on any atom is -0.306 e. The van der Waals surface area contributed by atoms with Crippen LogP contribution in [0.4, 0.5) is 0 Å². The summed E-state index contributed by atoms with van der Waals surface area (Å²) < 4.78 is 1.59. The molecule has 0 atom stereocenters. The normalized spacial score (nSPS) is 9.59. The first kappa shape index (κ1) is 15.3. The third kappa shape index (κ3) is 2.99. The van der Waals surface area contributed by atoms with Crippen molar-refractivity contribution in [2.24, 2.45) is 7.05 Å². The van der Waals surface area contributed by atoms with Gasteiger partial charge in [-0.15, -0.1) is 0 Å². The minimum atomic E-state index is -0.562. The molecule has 0 unspecified atom stereocenters. The van der Waals surface area contributed by atoms with Gasteiger partial charge in [-0.3, -0.25) is 14.8 Å². The van der Waals surface area contributed by atoms with Crippen molar-refractivity contribution in [1.82, 2.24) is 19.5 Å². The maximum atomic E-state index is 11.6. The Hall–Kier alpha value is -3.07. The molecule has 3 aromatic rings. The average molecular weight is 296 g/mol. The molecule has 0 fully saturated rings. The van der Waals surface area contributed by atoms with Gasteiger partial charge >= 0.3 is 5.69 Å². The number of nitrogens with zero attached hydrogens (tertiary/aromatic N) is 2. The van der Waals surface area contributed by atoms with Gasteiger partial charge in [-0.05, 0) is 18.1 Å². The van der Waals surface area contributed by atoms with Crippen LogP contribution in [0.25, 0.3) is 11.2 Å². The average Bonchev–Trinajstić information content (AvgIpc) is 2.85. The number of nitrogens with one attached hydrogen (secondary N) is 2. The van der Waals surface area contributed by atoms with Crippen LogP contribution in [0.1, 0.15) is 25.2 Å². The lowest BCUT2D eigenvalue weighted by molar-refractivity contribution is 0.901. The van der Waals surface area contributed by atoms with Crippen LogP contribution < -0.4 is 11.2 Å². The van der Waals surface area contributed by atoms with E-state index in [9.17, 15) is 9.59 Å². The highest BCUT2D eigenvalue weighted by molar-refractivity contribution is 5.70. The number of benzene rings is 1. The van der Waals surface area contributed by atoms with Crippen LogP contribution >= 0.6 is 0 Å². The Morgan fingerprint density at radius 3 is 2.41 bits per heavy atom. The van der Waals surface area contributed by atoms with E-state index in [0.717, 1.165) is 5.56 Å². The van der Waals surface area contributed by atoms with Crippen LogP contribution in [0.3, 0.4) is 0 Å². The van der Waals surface area contributed by atoms with E-state index in [-0.39, 0.29) is 5.52 Å². The van der Waals surface area contributed by atoms with Crippen LogP contribution in [0.5, 0.6) is 0 Å². The molecule has 1 aromatic carbocycles. The van der Waals surface area contributed by atoms with Gasteiger partial charge in [-0.1, -0.05) is 38.0 Å². The van der Waals surface area contributed by atoms with Gasteiger partial charge in [-0.25, -0.2) is 9.78 Å². The SMILES string of the molecule is CC.Cn1c(C#Cc2ccccc2)nc2c(=O)[nH]c(=O)[nH]c21. The van der Waals surface area contributed by atoms with Gasteiger partial charge in [-0.2, -0.15) is 0 Å². The van der Waals surface area contributed by atoms with Crippen LogP contribution in [0, 0.1) is 11.8 Å². The zero-order chi connectivity index (χ0) is 16.1. The molecule has 2 heterocycles. The summed E-state index contributed by atoms with van der Waals surface area (Å²) in [5, 5.41) is 0. The number of hydrogen-bond acceptors (Lipinski definition) is 3. The second-order valence-electron chi connectivity index (χ2n) is 4.22. The molecule has 6 nitrogen and oxygen atoms in total. The summed E-state index contributed by atoms with van der Waals surface area (Å²) in [4.78, 5) is 31.7. The third-order valence-corrected chi connectivity index (χ3v) is 2.86. The molecule has 22 heavy (non-hydrogen) atoms. The molecule has 0 spiro atoms. The maximum Gasteiger partial charge on any atom is 0.327 e. The van der Waals surface area contributed by atoms with Crippen molar-refractivity contribution in [3.8, 4) is 11.8 Å². The van der Waals surface area contributed by atoms with Crippen molar-refractivity contribution in [2.75, 3.05) is 0 Å². The van der Waals surface area contributed by atoms with Crippen molar-refractivity contribution < 1.29 is 0 Å². The number of aryl methyl sites for hydroxylation is 1. The lowest BCUT2D eigenvalue weighted by Crippen LogP contribution is -2.22. The molecular formula is C16H16N4O2. The molecule has 0 amide bonds. The highest BCUT2D eigenvalue weighted by Crippen LogP contribution is 2.05. The van der Waals surface area contributed by atoms with Gasteiger partial charge in [0.15, 0.2) is 11.3 Å². The molecule has 112 valence electrons. The monoisotopic (exact) mass is 296 g/mol. The standard InChI is InChI=1S/C14H10N4O2.C2H6/c1-18-10(8-7-9-5-3-2-4-6-9)15-11-12(18)16-14(20)17-13(11)19;1-2/h2-6H,1H3,(H2,16,17,19,20);1-2H3. The number of hydrogen-bond donors (Lipinski definition) is 2. The highest BCUT2D eigenvalue weighted by atomic mass is 16.2. The van der Waals surface area contributed by atoms with E-state index in [0.29, 0.717) is 11.5 Å². The Kier molecular flexibility index (Phi) is 4.59. The van der Waals surface area contributed by atoms with E-state index in [4.69, 9.17) is 0 Å². The quantitative estimate of drug-likeness (QED) is 0.615. The van der Waals surface area contributed by atoms with Gasteiger partial charge in [0.1, 0.15) is 5.65 Å². The van der Waals surface area contributed by atoms with E-state index in [1.54, 1.807) is 11.6 Å². The Morgan fingerprint density at radius 2 is 1.73 bits per heavy atom. The molecule has 0 bridgehead atoms. The molecule has 6 heteroatoms. The lowest BCUT2D eigenvalue weighted by atomic mass is 10.2. The first-order valence-electron chi connectivity index (χ1n) is 6.91. The van der Waals surface area contributed by atoms with Crippen molar-refractivity contribution in [3.63, 3.8) is 0 Å². The highest BCUT2D eigenvalue weighted by Gasteiger charge is 2.10. The second-order valence-corrected chi connectivity index (χ2v) is 4.22. The zero-order valence-electron chi connectivity index (χ0n) is 12.6. The third-order valence-electron chi connectivity index (χ3n) is 2.86. The van der Waals surface area contributed by atoms with Crippen molar-refractivity contribution >= 4 is 11.2 Å². The number of aromatic nitrogens is 4. The van der Waals surface area contributed by atoms with Crippen molar-refractivity contribution in [3.05, 3.63) is 62.6 Å². The molecule has 2 aromatic heterocycles. The minimum absolute atomic E-state index is 0.171. The van der Waals surface area contributed by atoms with Crippen molar-refractivity contribution in [2.45, 2.75) is 13.8 Å². The summed E-state index contributed by atoms with van der Waals surface area (Å²) in [7, 11) is 1.69.